The highest BCUT2D eigenvalue weighted by molar-refractivity contribution is 6.36. The maximum atomic E-state index is 4.89. The summed E-state index contributed by atoms with van der Waals surface area (Å²) >= 11 is 0. The summed E-state index contributed by atoms with van der Waals surface area (Å²) in [5.41, 5.74) is 13.6. The summed E-state index contributed by atoms with van der Waals surface area (Å²) in [6, 6.07) is 8.34. The Morgan fingerprint density at radius 1 is 1.18 bits per heavy atom. The van der Waals surface area contributed by atoms with E-state index in [9.17, 15) is 0 Å². The van der Waals surface area contributed by atoms with Crippen molar-refractivity contribution in [3.8, 4) is 0 Å². The first-order valence-electron chi connectivity index (χ1n) is 7.80. The Morgan fingerprint density at radius 3 is 3.18 bits per heavy atom. The van der Waals surface area contributed by atoms with Crippen LogP contribution in [0.15, 0.2) is 53.3 Å². The molecule has 0 spiro atoms. The van der Waals surface area contributed by atoms with E-state index in [2.05, 4.69) is 46.2 Å². The maximum absolute atomic E-state index is 4.89. The average molecular weight is 288 g/mol. The molecule has 4 heteroatoms. The molecule has 2 aromatic rings. The predicted octanol–water partition coefficient (Wildman–Crippen LogP) is 3.11. The maximum Gasteiger partial charge on any atom is 0.0811 e. The van der Waals surface area contributed by atoms with Gasteiger partial charge in [-0.3, -0.25) is 4.98 Å². The van der Waals surface area contributed by atoms with E-state index in [0.717, 1.165) is 28.8 Å². The number of benzene rings is 1. The van der Waals surface area contributed by atoms with Crippen LogP contribution in [-0.4, -0.2) is 17.2 Å². The van der Waals surface area contributed by atoms with Crippen molar-refractivity contribution in [2.24, 2.45) is 10.9 Å². The summed E-state index contributed by atoms with van der Waals surface area (Å²) < 4.78 is 0. The molecule has 2 aliphatic heterocycles. The van der Waals surface area contributed by atoms with Gasteiger partial charge in [-0.25, -0.2) is 10.4 Å². The standard InChI is InChI=1S/C18H16N4/c1-3-11-5-7-15-16(17(11)22-20-10-1)13-6-8-14-12(18(13)21-15)4-2-9-19-14/h2,4-9,11,20,22H,1,3,10H2. The summed E-state index contributed by atoms with van der Waals surface area (Å²) in [5.74, 6) is 0.458. The molecule has 3 heterocycles. The Labute approximate surface area is 128 Å². The van der Waals surface area contributed by atoms with Crippen LogP contribution >= 0.6 is 0 Å². The first kappa shape index (κ1) is 12.1. The van der Waals surface area contributed by atoms with Crippen molar-refractivity contribution in [3.05, 3.63) is 53.9 Å². The Hall–Kier alpha value is -2.46. The topological polar surface area (TPSA) is 49.3 Å². The summed E-state index contributed by atoms with van der Waals surface area (Å²) in [6.45, 7) is 1.00. The van der Waals surface area contributed by atoms with Gasteiger partial charge in [0.25, 0.3) is 0 Å². The van der Waals surface area contributed by atoms with E-state index in [1.165, 1.54) is 29.7 Å². The van der Waals surface area contributed by atoms with Crippen molar-refractivity contribution in [2.75, 3.05) is 6.54 Å². The minimum absolute atomic E-state index is 0.458. The van der Waals surface area contributed by atoms with E-state index < -0.39 is 0 Å². The zero-order valence-electron chi connectivity index (χ0n) is 12.1. The third-order valence-electron chi connectivity index (χ3n) is 4.68. The van der Waals surface area contributed by atoms with Gasteiger partial charge in [-0.05, 0) is 43.2 Å². The Balaban J connectivity index is 1.79. The fourth-order valence-electron chi connectivity index (χ4n) is 3.63. The van der Waals surface area contributed by atoms with Crippen molar-refractivity contribution >= 4 is 27.9 Å². The lowest BCUT2D eigenvalue weighted by Gasteiger charge is -2.22. The molecule has 1 saturated heterocycles. The highest BCUT2D eigenvalue weighted by atomic mass is 15.4. The second-order valence-electron chi connectivity index (χ2n) is 5.98. The van der Waals surface area contributed by atoms with Crippen LogP contribution in [0.1, 0.15) is 18.4 Å². The van der Waals surface area contributed by atoms with Gasteiger partial charge in [0.15, 0.2) is 0 Å². The molecule has 4 nitrogen and oxygen atoms in total. The quantitative estimate of drug-likeness (QED) is 0.783. The smallest absolute Gasteiger partial charge is 0.0811 e. The molecule has 0 saturated carbocycles. The van der Waals surface area contributed by atoms with Gasteiger partial charge in [0.05, 0.1) is 16.9 Å². The molecule has 1 aromatic heterocycles. The van der Waals surface area contributed by atoms with Crippen LogP contribution in [-0.2, 0) is 0 Å². The SMILES string of the molecule is C1=CC2CCCNNC2=C2C1=Nc1c2ccc2ncccc12. The molecule has 1 aromatic carbocycles. The summed E-state index contributed by atoms with van der Waals surface area (Å²) in [6.07, 6.45) is 8.65. The number of nitrogens with zero attached hydrogens (tertiary/aromatic N) is 2. The van der Waals surface area contributed by atoms with Crippen LogP contribution in [0, 0.1) is 5.92 Å². The highest BCUT2D eigenvalue weighted by Gasteiger charge is 2.31. The fraction of sp³-hybridized carbons (Fsp3) is 0.222. The second-order valence-corrected chi connectivity index (χ2v) is 5.98. The van der Waals surface area contributed by atoms with Gasteiger partial charge in [0.1, 0.15) is 0 Å². The molecule has 1 fully saturated rings. The number of aliphatic imine (C=N–C) groups is 1. The number of hydrogen-bond acceptors (Lipinski definition) is 4. The monoisotopic (exact) mass is 288 g/mol. The van der Waals surface area contributed by atoms with E-state index in [-0.39, 0.29) is 0 Å². The lowest BCUT2D eigenvalue weighted by atomic mass is 9.86. The minimum Gasteiger partial charge on any atom is -0.324 e. The first-order chi connectivity index (χ1) is 10.9. The summed E-state index contributed by atoms with van der Waals surface area (Å²) in [4.78, 5) is 9.33. The highest BCUT2D eigenvalue weighted by Crippen LogP contribution is 2.44. The van der Waals surface area contributed by atoms with Crippen LogP contribution in [0.2, 0.25) is 0 Å². The molecule has 0 amide bonds. The molecule has 0 bridgehead atoms. The van der Waals surface area contributed by atoms with Crippen LogP contribution in [0.3, 0.4) is 0 Å². The van der Waals surface area contributed by atoms with Gasteiger partial charge >= 0.3 is 0 Å². The molecule has 22 heavy (non-hydrogen) atoms. The average Bonchev–Trinajstić information content (AvgIpc) is 2.78. The number of nitrogens with one attached hydrogen (secondary N) is 2. The van der Waals surface area contributed by atoms with Gasteiger partial charge in [0.2, 0.25) is 0 Å². The molecule has 1 unspecified atom stereocenters. The molecule has 1 atom stereocenters. The molecule has 108 valence electrons. The van der Waals surface area contributed by atoms with Gasteiger partial charge in [-0.1, -0.05) is 6.08 Å². The number of aromatic nitrogens is 1. The van der Waals surface area contributed by atoms with Crippen molar-refractivity contribution in [1.29, 1.82) is 0 Å². The van der Waals surface area contributed by atoms with Gasteiger partial charge in [-0.15, -0.1) is 0 Å². The first-order valence-corrected chi connectivity index (χ1v) is 7.80. The number of hydrogen-bond donors (Lipinski definition) is 2. The van der Waals surface area contributed by atoms with Crippen LogP contribution in [0.5, 0.6) is 0 Å². The van der Waals surface area contributed by atoms with Gasteiger partial charge < -0.3 is 5.43 Å². The van der Waals surface area contributed by atoms with Crippen LogP contribution in [0.4, 0.5) is 5.69 Å². The number of rotatable bonds is 0. The Bertz CT molecular complexity index is 876. The molecule has 2 N–H and O–H groups in total. The third kappa shape index (κ3) is 1.61. The lowest BCUT2D eigenvalue weighted by Crippen LogP contribution is -2.33. The fourth-order valence-corrected chi connectivity index (χ4v) is 3.63. The molecule has 3 aliphatic rings. The molecule has 1 aliphatic carbocycles. The second kappa shape index (κ2) is 4.52. The van der Waals surface area contributed by atoms with Crippen molar-refractivity contribution in [2.45, 2.75) is 12.8 Å². The predicted molar refractivity (Wildman–Crippen MR) is 88.8 cm³/mol. The van der Waals surface area contributed by atoms with E-state index in [0.29, 0.717) is 5.92 Å². The van der Waals surface area contributed by atoms with E-state index in [1.807, 2.05) is 12.3 Å². The lowest BCUT2D eigenvalue weighted by molar-refractivity contribution is 0.615. The third-order valence-corrected chi connectivity index (χ3v) is 4.68. The van der Waals surface area contributed by atoms with Crippen molar-refractivity contribution in [3.63, 3.8) is 0 Å². The number of hydrazine groups is 1. The normalized spacial score (nSPS) is 22.5. The summed E-state index contributed by atoms with van der Waals surface area (Å²) in [5, 5.41) is 1.13. The van der Waals surface area contributed by atoms with E-state index in [1.54, 1.807) is 0 Å². The number of fused-ring (bicyclic) bond motifs is 6. The van der Waals surface area contributed by atoms with Gasteiger partial charge in [-0.2, -0.15) is 0 Å². The van der Waals surface area contributed by atoms with E-state index >= 15 is 0 Å². The molecular formula is C18H16N4. The largest absolute Gasteiger partial charge is 0.324 e. The van der Waals surface area contributed by atoms with Crippen LogP contribution < -0.4 is 10.9 Å². The van der Waals surface area contributed by atoms with Gasteiger partial charge in [0, 0.05) is 40.9 Å². The number of allylic oxidation sites excluding steroid dienone is 3. The summed E-state index contributed by atoms with van der Waals surface area (Å²) in [7, 11) is 0. The molecule has 5 rings (SSSR count). The molecular weight excluding hydrogens is 272 g/mol. The van der Waals surface area contributed by atoms with Crippen LogP contribution in [0.25, 0.3) is 16.5 Å². The number of pyridine rings is 1. The van der Waals surface area contributed by atoms with E-state index in [4.69, 9.17) is 4.99 Å². The Kier molecular flexibility index (Phi) is 2.49. The van der Waals surface area contributed by atoms with Crippen molar-refractivity contribution < 1.29 is 0 Å². The minimum atomic E-state index is 0.458. The zero-order valence-corrected chi connectivity index (χ0v) is 12.1. The van der Waals surface area contributed by atoms with Crippen molar-refractivity contribution in [1.82, 2.24) is 15.8 Å². The zero-order chi connectivity index (χ0) is 14.5. The Morgan fingerprint density at radius 2 is 2.18 bits per heavy atom. The molecule has 0 radical (unpaired) electrons.